The first-order valence-electron chi connectivity index (χ1n) is 5.50. The van der Waals surface area contributed by atoms with Gasteiger partial charge in [0.1, 0.15) is 4.34 Å². The lowest BCUT2D eigenvalue weighted by atomic mass is 10.3. The number of hydrogen-bond acceptors (Lipinski definition) is 5. The molecule has 0 saturated carbocycles. The smallest absolute Gasteiger partial charge is 0.259 e. The van der Waals surface area contributed by atoms with Crippen LogP contribution in [0.5, 0.6) is 0 Å². The summed E-state index contributed by atoms with van der Waals surface area (Å²) in [5.41, 5.74) is 1.13. The number of carbonyl (C=O) groups is 1. The number of anilines is 1. The Morgan fingerprint density at radius 2 is 1.95 bits per heavy atom. The highest BCUT2D eigenvalue weighted by Crippen LogP contribution is 2.34. The molecule has 9 heteroatoms. The average molecular weight is 396 g/mol. The molecule has 0 saturated heterocycles. The van der Waals surface area contributed by atoms with E-state index in [1.54, 1.807) is 0 Å². The molecule has 0 bridgehead atoms. The number of thiazole rings is 1. The van der Waals surface area contributed by atoms with Gasteiger partial charge in [-0.15, -0.1) is 34.0 Å². The number of halogens is 3. The van der Waals surface area contributed by atoms with Gasteiger partial charge in [-0.25, -0.2) is 4.98 Å². The van der Waals surface area contributed by atoms with Crippen LogP contribution in [0.1, 0.15) is 10.4 Å². The van der Waals surface area contributed by atoms with Crippen molar-refractivity contribution in [3.8, 4) is 10.6 Å². The second-order valence-electron chi connectivity index (χ2n) is 3.83. The molecule has 3 rings (SSSR count). The van der Waals surface area contributed by atoms with E-state index in [0.29, 0.717) is 23.7 Å². The van der Waals surface area contributed by atoms with E-state index in [4.69, 9.17) is 34.8 Å². The SMILES string of the molecule is O=C(Nc1nc(-c2ccc(Cl)s2)cs1)c1cc(Cl)sc1Cl. The summed E-state index contributed by atoms with van der Waals surface area (Å²) in [5, 5.41) is 5.07. The fourth-order valence-electron chi connectivity index (χ4n) is 1.56. The lowest BCUT2D eigenvalue weighted by Crippen LogP contribution is -2.11. The van der Waals surface area contributed by atoms with E-state index in [1.165, 1.54) is 28.7 Å². The van der Waals surface area contributed by atoms with Crippen molar-refractivity contribution in [1.29, 1.82) is 0 Å². The van der Waals surface area contributed by atoms with Gasteiger partial charge in [-0.3, -0.25) is 10.1 Å². The molecule has 0 aliphatic rings. The van der Waals surface area contributed by atoms with Crippen LogP contribution in [-0.2, 0) is 0 Å². The first kappa shape index (κ1) is 15.3. The van der Waals surface area contributed by atoms with Crippen molar-refractivity contribution in [3.05, 3.63) is 42.2 Å². The van der Waals surface area contributed by atoms with E-state index in [0.717, 1.165) is 21.9 Å². The van der Waals surface area contributed by atoms with Crippen LogP contribution in [0.4, 0.5) is 5.13 Å². The standard InChI is InChI=1S/C12H5Cl3N2OS3/c13-8-2-1-7(20-8)6-4-19-12(16-6)17-11(18)5-3-9(14)21-10(5)15/h1-4H,(H,16,17,18). The zero-order valence-electron chi connectivity index (χ0n) is 10.0. The van der Waals surface area contributed by atoms with Crippen LogP contribution in [0.25, 0.3) is 10.6 Å². The molecule has 0 unspecified atom stereocenters. The molecule has 1 amide bonds. The number of rotatable bonds is 3. The molecule has 0 spiro atoms. The molecule has 0 aliphatic heterocycles. The molecular weight excluding hydrogens is 391 g/mol. The Morgan fingerprint density at radius 1 is 1.14 bits per heavy atom. The lowest BCUT2D eigenvalue weighted by Gasteiger charge is -1.99. The van der Waals surface area contributed by atoms with E-state index in [9.17, 15) is 4.79 Å². The monoisotopic (exact) mass is 394 g/mol. The molecular formula is C12H5Cl3N2OS3. The van der Waals surface area contributed by atoms with Gasteiger partial charge in [0, 0.05) is 5.38 Å². The number of aromatic nitrogens is 1. The largest absolute Gasteiger partial charge is 0.298 e. The molecule has 0 radical (unpaired) electrons. The number of amides is 1. The molecule has 0 aromatic carbocycles. The predicted octanol–water partition coefficient (Wildman–Crippen LogP) is 6.15. The number of carbonyl (C=O) groups excluding carboxylic acids is 1. The van der Waals surface area contributed by atoms with Gasteiger partial charge in [0.15, 0.2) is 5.13 Å². The normalized spacial score (nSPS) is 10.8. The minimum atomic E-state index is -0.326. The second-order valence-corrected chi connectivity index (χ2v) is 8.69. The molecule has 3 nitrogen and oxygen atoms in total. The number of thiophene rings is 2. The highest BCUT2D eigenvalue weighted by atomic mass is 35.5. The first-order chi connectivity index (χ1) is 10.0. The number of nitrogens with zero attached hydrogens (tertiary/aromatic N) is 1. The second kappa shape index (κ2) is 6.24. The van der Waals surface area contributed by atoms with E-state index in [1.807, 2.05) is 17.5 Å². The van der Waals surface area contributed by atoms with Gasteiger partial charge in [-0.1, -0.05) is 34.8 Å². The van der Waals surface area contributed by atoms with Crippen LogP contribution in [0.15, 0.2) is 23.6 Å². The Hall–Kier alpha value is -0.630. The predicted molar refractivity (Wildman–Crippen MR) is 92.7 cm³/mol. The van der Waals surface area contributed by atoms with Crippen molar-refractivity contribution >= 4 is 79.9 Å². The fraction of sp³-hybridized carbons (Fsp3) is 0. The Labute approximate surface area is 147 Å². The summed E-state index contributed by atoms with van der Waals surface area (Å²) in [6, 6.07) is 5.24. The summed E-state index contributed by atoms with van der Waals surface area (Å²) in [4.78, 5) is 17.4. The molecule has 3 heterocycles. The van der Waals surface area contributed by atoms with E-state index in [-0.39, 0.29) is 5.91 Å². The third kappa shape index (κ3) is 3.41. The van der Waals surface area contributed by atoms with Gasteiger partial charge >= 0.3 is 0 Å². The third-order valence-corrected chi connectivity index (χ3v) is 5.95. The lowest BCUT2D eigenvalue weighted by molar-refractivity contribution is 0.102. The van der Waals surface area contributed by atoms with Crippen LogP contribution in [-0.4, -0.2) is 10.9 Å². The molecule has 3 aromatic heterocycles. The summed E-state index contributed by atoms with van der Waals surface area (Å²) in [6.07, 6.45) is 0. The van der Waals surface area contributed by atoms with E-state index >= 15 is 0 Å². The van der Waals surface area contributed by atoms with Crippen LogP contribution in [0, 0.1) is 0 Å². The first-order valence-corrected chi connectivity index (χ1v) is 9.15. The summed E-state index contributed by atoms with van der Waals surface area (Å²) >= 11 is 21.6. The number of nitrogens with one attached hydrogen (secondary N) is 1. The Bertz CT molecular complexity index is 808. The topological polar surface area (TPSA) is 42.0 Å². The summed E-state index contributed by atoms with van der Waals surface area (Å²) < 4.78 is 1.53. The minimum absolute atomic E-state index is 0.326. The minimum Gasteiger partial charge on any atom is -0.298 e. The maximum atomic E-state index is 12.1. The van der Waals surface area contributed by atoms with Gasteiger partial charge in [-0.05, 0) is 18.2 Å². The van der Waals surface area contributed by atoms with E-state index in [2.05, 4.69) is 10.3 Å². The number of hydrogen-bond donors (Lipinski definition) is 1. The zero-order chi connectivity index (χ0) is 15.0. The van der Waals surface area contributed by atoms with Crippen molar-refractivity contribution in [3.63, 3.8) is 0 Å². The van der Waals surface area contributed by atoms with Crippen molar-refractivity contribution in [1.82, 2.24) is 4.98 Å². The van der Waals surface area contributed by atoms with Gasteiger partial charge in [0.2, 0.25) is 0 Å². The maximum Gasteiger partial charge on any atom is 0.259 e. The molecule has 108 valence electrons. The van der Waals surface area contributed by atoms with Gasteiger partial charge in [0.25, 0.3) is 5.91 Å². The Kier molecular flexibility index (Phi) is 4.54. The van der Waals surface area contributed by atoms with Crippen LogP contribution < -0.4 is 5.32 Å². The summed E-state index contributed by atoms with van der Waals surface area (Å²) in [5.74, 6) is -0.326. The quantitative estimate of drug-likeness (QED) is 0.578. The van der Waals surface area contributed by atoms with Crippen LogP contribution >= 0.6 is 68.8 Å². The third-order valence-electron chi connectivity index (χ3n) is 2.45. The van der Waals surface area contributed by atoms with Crippen LogP contribution in [0.3, 0.4) is 0 Å². The molecule has 0 fully saturated rings. The van der Waals surface area contributed by atoms with Crippen molar-refractivity contribution in [2.75, 3.05) is 5.32 Å². The van der Waals surface area contributed by atoms with Gasteiger partial charge < -0.3 is 0 Å². The Morgan fingerprint density at radius 3 is 2.57 bits per heavy atom. The summed E-state index contributed by atoms with van der Waals surface area (Å²) in [7, 11) is 0. The summed E-state index contributed by atoms with van der Waals surface area (Å²) in [6.45, 7) is 0. The Balaban J connectivity index is 1.78. The maximum absolute atomic E-state index is 12.1. The molecule has 0 atom stereocenters. The van der Waals surface area contributed by atoms with E-state index < -0.39 is 0 Å². The zero-order valence-corrected chi connectivity index (χ0v) is 14.7. The van der Waals surface area contributed by atoms with Gasteiger partial charge in [-0.2, -0.15) is 0 Å². The fourth-order valence-corrected chi connectivity index (χ4v) is 4.80. The molecule has 0 aliphatic carbocycles. The van der Waals surface area contributed by atoms with Crippen molar-refractivity contribution in [2.24, 2.45) is 0 Å². The molecule has 21 heavy (non-hydrogen) atoms. The van der Waals surface area contributed by atoms with Crippen molar-refractivity contribution < 1.29 is 4.79 Å². The molecule has 1 N–H and O–H groups in total. The van der Waals surface area contributed by atoms with Crippen molar-refractivity contribution in [2.45, 2.75) is 0 Å². The van der Waals surface area contributed by atoms with Crippen LogP contribution in [0.2, 0.25) is 13.0 Å². The highest BCUT2D eigenvalue weighted by Gasteiger charge is 2.16. The average Bonchev–Trinajstić information content (AvgIpc) is 3.10. The van der Waals surface area contributed by atoms with Gasteiger partial charge in [0.05, 0.1) is 24.8 Å². The molecule has 3 aromatic rings. The highest BCUT2D eigenvalue weighted by molar-refractivity contribution is 7.20.